The number of benzene rings is 2. The van der Waals surface area contributed by atoms with Crippen molar-refractivity contribution in [2.45, 2.75) is 12.8 Å². The quantitative estimate of drug-likeness (QED) is 0.688. The number of likely N-dealkylation sites (tertiary alicyclic amines) is 1. The Hall–Kier alpha value is -2.93. The molecule has 0 atom stereocenters. The summed E-state index contributed by atoms with van der Waals surface area (Å²) in [4.78, 5) is 14.1. The van der Waals surface area contributed by atoms with Crippen LogP contribution in [-0.4, -0.2) is 63.5 Å². The molecule has 156 valence electrons. The fourth-order valence-electron chi connectivity index (χ4n) is 3.62. The van der Waals surface area contributed by atoms with Gasteiger partial charge in [0.05, 0.1) is 21.3 Å². The van der Waals surface area contributed by atoms with E-state index in [1.807, 2.05) is 24.3 Å². The van der Waals surface area contributed by atoms with Crippen LogP contribution in [0.3, 0.4) is 0 Å². The molecule has 0 spiro atoms. The molecule has 3 rings (SSSR count). The van der Waals surface area contributed by atoms with Crippen LogP contribution in [0.4, 0.5) is 0 Å². The normalized spacial score (nSPS) is 13.9. The molecule has 7 heteroatoms. The molecule has 0 radical (unpaired) electrons. The van der Waals surface area contributed by atoms with E-state index in [9.17, 15) is 9.90 Å². The Balaban J connectivity index is 1.85. The number of carboxylic acid groups (broad SMARTS) is 1. The minimum atomic E-state index is -1.11. The summed E-state index contributed by atoms with van der Waals surface area (Å²) < 4.78 is 22.0. The van der Waals surface area contributed by atoms with Gasteiger partial charge < -0.3 is 24.1 Å². The maximum absolute atomic E-state index is 11.7. The van der Waals surface area contributed by atoms with Crippen molar-refractivity contribution in [3.63, 3.8) is 0 Å². The first kappa shape index (κ1) is 20.8. The van der Waals surface area contributed by atoms with Crippen molar-refractivity contribution >= 4 is 5.97 Å². The van der Waals surface area contributed by atoms with Gasteiger partial charge in [0.1, 0.15) is 17.9 Å². The topological polar surface area (TPSA) is 77.5 Å². The Morgan fingerprint density at radius 3 is 2.14 bits per heavy atom. The molecule has 1 aliphatic rings. The number of hydrogen-bond acceptors (Lipinski definition) is 6. The van der Waals surface area contributed by atoms with Crippen LogP contribution in [0.15, 0.2) is 30.3 Å². The number of carboxylic acids is 1. The lowest BCUT2D eigenvalue weighted by atomic mass is 10.00. The molecule has 0 aromatic heterocycles. The molecule has 0 unspecified atom stereocenters. The smallest absolute Gasteiger partial charge is 0.339 e. The van der Waals surface area contributed by atoms with Crippen LogP contribution in [0.25, 0.3) is 11.1 Å². The summed E-state index contributed by atoms with van der Waals surface area (Å²) in [6, 6.07) is 9.03. The summed E-state index contributed by atoms with van der Waals surface area (Å²) in [7, 11) is 4.36. The largest absolute Gasteiger partial charge is 0.492 e. The summed E-state index contributed by atoms with van der Waals surface area (Å²) in [6.45, 7) is 3.86. The zero-order valence-electron chi connectivity index (χ0n) is 17.1. The highest BCUT2D eigenvalue weighted by molar-refractivity contribution is 5.96. The van der Waals surface area contributed by atoms with E-state index in [0.717, 1.165) is 30.9 Å². The standard InChI is InChI=1S/C22H27NO6/c1-26-19-17(14-18(22(24)25)20(27-2)21(19)28-3)15-6-8-16(9-7-15)29-13-12-23-10-4-5-11-23/h6-9,14H,4-5,10-13H2,1-3H3,(H,24,25). The molecule has 1 saturated heterocycles. The average Bonchev–Trinajstić information content (AvgIpc) is 3.26. The highest BCUT2D eigenvalue weighted by atomic mass is 16.5. The van der Waals surface area contributed by atoms with Gasteiger partial charge in [-0.1, -0.05) is 12.1 Å². The molecule has 0 amide bonds. The summed E-state index contributed by atoms with van der Waals surface area (Å²) in [6.07, 6.45) is 2.53. The lowest BCUT2D eigenvalue weighted by Gasteiger charge is -2.18. The van der Waals surface area contributed by atoms with Gasteiger partial charge in [-0.15, -0.1) is 0 Å². The number of ether oxygens (including phenoxy) is 4. The second kappa shape index (κ2) is 9.52. The molecule has 1 fully saturated rings. The van der Waals surface area contributed by atoms with Crippen molar-refractivity contribution in [1.29, 1.82) is 0 Å². The fraction of sp³-hybridized carbons (Fsp3) is 0.409. The SMILES string of the molecule is COc1c(C(=O)O)cc(-c2ccc(OCCN3CCCC3)cc2)c(OC)c1OC. The van der Waals surface area contributed by atoms with E-state index in [1.165, 1.54) is 40.2 Å². The van der Waals surface area contributed by atoms with Crippen LogP contribution in [0.1, 0.15) is 23.2 Å². The molecule has 0 aliphatic carbocycles. The van der Waals surface area contributed by atoms with Crippen LogP contribution in [0, 0.1) is 0 Å². The summed E-state index contributed by atoms with van der Waals surface area (Å²) in [5.41, 5.74) is 1.40. The Kier molecular flexibility index (Phi) is 6.82. The first-order valence-electron chi connectivity index (χ1n) is 9.61. The minimum absolute atomic E-state index is 0.00564. The average molecular weight is 401 g/mol. The third-order valence-corrected chi connectivity index (χ3v) is 5.07. The molecule has 7 nitrogen and oxygen atoms in total. The van der Waals surface area contributed by atoms with Crippen LogP contribution in [0.2, 0.25) is 0 Å². The van der Waals surface area contributed by atoms with Gasteiger partial charge in [-0.2, -0.15) is 0 Å². The van der Waals surface area contributed by atoms with E-state index in [0.29, 0.717) is 17.9 Å². The van der Waals surface area contributed by atoms with Gasteiger partial charge in [-0.25, -0.2) is 4.79 Å². The monoisotopic (exact) mass is 401 g/mol. The van der Waals surface area contributed by atoms with E-state index in [1.54, 1.807) is 0 Å². The predicted octanol–water partition coefficient (Wildman–Crippen LogP) is 3.55. The van der Waals surface area contributed by atoms with Gasteiger partial charge in [-0.05, 0) is 49.7 Å². The molecule has 1 heterocycles. The lowest BCUT2D eigenvalue weighted by molar-refractivity contribution is 0.0692. The van der Waals surface area contributed by atoms with E-state index in [4.69, 9.17) is 18.9 Å². The summed E-state index contributed by atoms with van der Waals surface area (Å²) >= 11 is 0. The van der Waals surface area contributed by atoms with Gasteiger partial charge >= 0.3 is 5.97 Å². The number of hydrogen-bond donors (Lipinski definition) is 1. The maximum atomic E-state index is 11.7. The molecule has 0 bridgehead atoms. The van der Waals surface area contributed by atoms with Crippen molar-refractivity contribution in [1.82, 2.24) is 4.90 Å². The zero-order valence-corrected chi connectivity index (χ0v) is 17.1. The number of rotatable bonds is 9. The second-order valence-electron chi connectivity index (χ2n) is 6.80. The zero-order chi connectivity index (χ0) is 20.8. The number of methoxy groups -OCH3 is 3. The molecule has 0 saturated carbocycles. The Labute approximate surface area is 170 Å². The summed E-state index contributed by atoms with van der Waals surface area (Å²) in [5.74, 6) is 0.451. The molecular formula is C22H27NO6. The third-order valence-electron chi connectivity index (χ3n) is 5.07. The Morgan fingerprint density at radius 2 is 1.59 bits per heavy atom. The molecule has 29 heavy (non-hydrogen) atoms. The third kappa shape index (κ3) is 4.56. The van der Waals surface area contributed by atoms with Gasteiger partial charge in [-0.3, -0.25) is 4.90 Å². The van der Waals surface area contributed by atoms with Crippen molar-refractivity contribution in [2.24, 2.45) is 0 Å². The van der Waals surface area contributed by atoms with E-state index in [-0.39, 0.29) is 17.1 Å². The highest BCUT2D eigenvalue weighted by Gasteiger charge is 2.25. The lowest BCUT2D eigenvalue weighted by Crippen LogP contribution is -2.25. The second-order valence-corrected chi connectivity index (χ2v) is 6.80. The van der Waals surface area contributed by atoms with E-state index >= 15 is 0 Å². The van der Waals surface area contributed by atoms with E-state index < -0.39 is 5.97 Å². The number of aromatic carboxylic acids is 1. The fourth-order valence-corrected chi connectivity index (χ4v) is 3.62. The van der Waals surface area contributed by atoms with Crippen LogP contribution in [0.5, 0.6) is 23.0 Å². The molecule has 1 aliphatic heterocycles. The molecule has 1 N–H and O–H groups in total. The minimum Gasteiger partial charge on any atom is -0.492 e. The van der Waals surface area contributed by atoms with Crippen LogP contribution < -0.4 is 18.9 Å². The van der Waals surface area contributed by atoms with Crippen LogP contribution in [-0.2, 0) is 0 Å². The van der Waals surface area contributed by atoms with Crippen molar-refractivity contribution in [3.8, 4) is 34.1 Å². The van der Waals surface area contributed by atoms with Gasteiger partial charge in [0.25, 0.3) is 0 Å². The van der Waals surface area contributed by atoms with Gasteiger partial charge in [0.15, 0.2) is 11.5 Å². The van der Waals surface area contributed by atoms with E-state index in [2.05, 4.69) is 4.90 Å². The predicted molar refractivity (Wildman–Crippen MR) is 110 cm³/mol. The molecule has 2 aromatic rings. The van der Waals surface area contributed by atoms with Crippen LogP contribution >= 0.6 is 0 Å². The molecular weight excluding hydrogens is 374 g/mol. The van der Waals surface area contributed by atoms with Crippen molar-refractivity contribution in [2.75, 3.05) is 47.6 Å². The number of carbonyl (C=O) groups is 1. The van der Waals surface area contributed by atoms with Crippen molar-refractivity contribution in [3.05, 3.63) is 35.9 Å². The maximum Gasteiger partial charge on any atom is 0.339 e. The summed E-state index contributed by atoms with van der Waals surface area (Å²) in [5, 5.41) is 9.58. The number of nitrogens with zero attached hydrogens (tertiary/aromatic N) is 1. The van der Waals surface area contributed by atoms with Gasteiger partial charge in [0.2, 0.25) is 5.75 Å². The Bertz CT molecular complexity index is 843. The highest BCUT2D eigenvalue weighted by Crippen LogP contribution is 2.46. The first-order valence-corrected chi connectivity index (χ1v) is 9.61. The first-order chi connectivity index (χ1) is 14.1. The molecule has 2 aromatic carbocycles. The van der Waals surface area contributed by atoms with Crippen molar-refractivity contribution < 1.29 is 28.8 Å². The van der Waals surface area contributed by atoms with Gasteiger partial charge in [0, 0.05) is 12.1 Å². The Morgan fingerprint density at radius 1 is 0.966 bits per heavy atom.